The molecule has 0 unspecified atom stereocenters. The van der Waals surface area contributed by atoms with Gasteiger partial charge in [-0.25, -0.2) is 18.4 Å². The number of halogens is 3. The Kier molecular flexibility index (Phi) is 8.20. The Hall–Kier alpha value is -1.50. The standard InChI is InChI=1S/C15H16Cl3N5O4S2/c1-20-13(24)8(19)6-28-15-11(18)21-12(14(22-15)27-2)23-29(25,26)9-5-3-4-7(16)10(9)17/h3-5,8H,6,19H2,1-2H3,(H,20,24)(H,21,23)/t8-/m0/s1. The van der Waals surface area contributed by atoms with Crippen LogP contribution in [0.5, 0.6) is 5.88 Å². The number of amides is 1. The van der Waals surface area contributed by atoms with E-state index in [1.165, 1.54) is 32.4 Å². The molecule has 1 atom stereocenters. The third-order valence-corrected chi connectivity index (χ3v) is 7.18. The fraction of sp³-hybridized carbons (Fsp3) is 0.267. The summed E-state index contributed by atoms with van der Waals surface area (Å²) in [5.41, 5.74) is 5.73. The van der Waals surface area contributed by atoms with Gasteiger partial charge < -0.3 is 15.8 Å². The highest BCUT2D eigenvalue weighted by atomic mass is 35.5. The second-order valence-corrected chi connectivity index (χ2v) is 9.17. The molecule has 0 radical (unpaired) electrons. The van der Waals surface area contributed by atoms with Crippen molar-refractivity contribution in [3.8, 4) is 5.88 Å². The zero-order chi connectivity index (χ0) is 21.8. The summed E-state index contributed by atoms with van der Waals surface area (Å²) in [6.45, 7) is 0. The summed E-state index contributed by atoms with van der Waals surface area (Å²) in [4.78, 5) is 19.4. The van der Waals surface area contributed by atoms with E-state index in [0.717, 1.165) is 11.8 Å². The molecule has 1 amide bonds. The van der Waals surface area contributed by atoms with Crippen LogP contribution in [0.4, 0.5) is 5.82 Å². The number of carbonyl (C=O) groups excluding carboxylic acids is 1. The van der Waals surface area contributed by atoms with Crippen LogP contribution in [-0.4, -0.2) is 50.2 Å². The predicted octanol–water partition coefficient (Wildman–Crippen LogP) is 2.41. The Balaban J connectivity index is 2.31. The number of sulfonamides is 1. The largest absolute Gasteiger partial charge is 0.478 e. The first-order chi connectivity index (χ1) is 13.6. The van der Waals surface area contributed by atoms with Crippen LogP contribution in [-0.2, 0) is 14.8 Å². The number of methoxy groups -OCH3 is 1. The minimum atomic E-state index is -4.16. The summed E-state index contributed by atoms with van der Waals surface area (Å²) in [6.07, 6.45) is 0. The number of nitrogens with zero attached hydrogens (tertiary/aromatic N) is 2. The Bertz CT molecular complexity index is 1020. The molecule has 0 aliphatic carbocycles. The maximum atomic E-state index is 12.7. The van der Waals surface area contributed by atoms with Gasteiger partial charge in [0.1, 0.15) is 9.92 Å². The average Bonchev–Trinajstić information content (AvgIpc) is 2.68. The summed E-state index contributed by atoms with van der Waals surface area (Å²) >= 11 is 19.1. The van der Waals surface area contributed by atoms with E-state index in [9.17, 15) is 13.2 Å². The average molecular weight is 501 g/mol. The van der Waals surface area contributed by atoms with E-state index in [1.807, 2.05) is 0 Å². The number of nitrogens with one attached hydrogen (secondary N) is 2. The van der Waals surface area contributed by atoms with Crippen LogP contribution in [0, 0.1) is 0 Å². The van der Waals surface area contributed by atoms with Gasteiger partial charge >= 0.3 is 0 Å². The van der Waals surface area contributed by atoms with Crippen molar-refractivity contribution in [3.63, 3.8) is 0 Å². The van der Waals surface area contributed by atoms with Crippen molar-refractivity contribution >= 4 is 68.3 Å². The number of aromatic nitrogens is 2. The molecule has 9 nitrogen and oxygen atoms in total. The van der Waals surface area contributed by atoms with Crippen LogP contribution in [0.1, 0.15) is 0 Å². The molecule has 158 valence electrons. The van der Waals surface area contributed by atoms with Crippen molar-refractivity contribution in [1.82, 2.24) is 15.3 Å². The van der Waals surface area contributed by atoms with Crippen molar-refractivity contribution in [2.75, 3.05) is 24.6 Å². The summed E-state index contributed by atoms with van der Waals surface area (Å²) in [5, 5.41) is 2.47. The monoisotopic (exact) mass is 499 g/mol. The highest BCUT2D eigenvalue weighted by Crippen LogP contribution is 2.34. The van der Waals surface area contributed by atoms with Crippen molar-refractivity contribution in [2.45, 2.75) is 16.0 Å². The van der Waals surface area contributed by atoms with Crippen LogP contribution >= 0.6 is 46.6 Å². The minimum Gasteiger partial charge on any atom is -0.478 e. The maximum absolute atomic E-state index is 12.7. The van der Waals surface area contributed by atoms with E-state index in [2.05, 4.69) is 20.0 Å². The molecule has 0 saturated carbocycles. The molecule has 0 spiro atoms. The van der Waals surface area contributed by atoms with Gasteiger partial charge in [-0.05, 0) is 12.1 Å². The van der Waals surface area contributed by atoms with Crippen molar-refractivity contribution in [2.24, 2.45) is 5.73 Å². The normalized spacial score (nSPS) is 12.3. The molecule has 1 aromatic heterocycles. The number of ether oxygens (including phenoxy) is 1. The van der Waals surface area contributed by atoms with Gasteiger partial charge in [-0.1, -0.05) is 40.9 Å². The smallest absolute Gasteiger partial charge is 0.264 e. The lowest BCUT2D eigenvalue weighted by Crippen LogP contribution is -2.40. The second-order valence-electron chi connectivity index (χ2n) is 5.37. The molecule has 0 aliphatic heterocycles. The summed E-state index contributed by atoms with van der Waals surface area (Å²) in [5.74, 6) is -0.558. The molecule has 1 aromatic carbocycles. The number of likely N-dealkylation sites (N-methyl/N-ethyl adjacent to an activating group) is 1. The van der Waals surface area contributed by atoms with Gasteiger partial charge in [0.05, 0.1) is 23.2 Å². The predicted molar refractivity (Wildman–Crippen MR) is 114 cm³/mol. The highest BCUT2D eigenvalue weighted by Gasteiger charge is 2.24. The molecule has 2 aromatic rings. The first-order valence-corrected chi connectivity index (χ1v) is 11.4. The topological polar surface area (TPSA) is 136 Å². The number of benzene rings is 1. The zero-order valence-electron chi connectivity index (χ0n) is 15.1. The molecular weight excluding hydrogens is 485 g/mol. The lowest BCUT2D eigenvalue weighted by Gasteiger charge is -2.14. The van der Waals surface area contributed by atoms with E-state index in [1.54, 1.807) is 0 Å². The Labute approximate surface area is 186 Å². The van der Waals surface area contributed by atoms with Crippen LogP contribution in [0.2, 0.25) is 15.2 Å². The number of carbonyl (C=O) groups is 1. The van der Waals surface area contributed by atoms with Crippen LogP contribution in [0.3, 0.4) is 0 Å². The number of anilines is 1. The van der Waals surface area contributed by atoms with Gasteiger partial charge in [-0.2, -0.15) is 0 Å². The number of nitrogens with two attached hydrogens (primary N) is 1. The van der Waals surface area contributed by atoms with Gasteiger partial charge in [0.2, 0.25) is 11.7 Å². The third-order valence-electron chi connectivity index (χ3n) is 3.40. The van der Waals surface area contributed by atoms with E-state index >= 15 is 0 Å². The number of rotatable bonds is 8. The first-order valence-electron chi connectivity index (χ1n) is 7.79. The molecule has 0 saturated heterocycles. The molecule has 14 heteroatoms. The van der Waals surface area contributed by atoms with Crippen LogP contribution < -0.4 is 20.5 Å². The first kappa shape index (κ1) is 23.8. The Morgan fingerprint density at radius 3 is 2.62 bits per heavy atom. The Morgan fingerprint density at radius 1 is 1.31 bits per heavy atom. The van der Waals surface area contributed by atoms with E-state index in [-0.39, 0.29) is 48.5 Å². The molecule has 0 aliphatic rings. The molecule has 0 fully saturated rings. The minimum absolute atomic E-state index is 0.0739. The third kappa shape index (κ3) is 5.77. The quantitative estimate of drug-likeness (QED) is 0.470. The van der Waals surface area contributed by atoms with Crippen LogP contribution in [0.15, 0.2) is 28.1 Å². The van der Waals surface area contributed by atoms with Crippen LogP contribution in [0.25, 0.3) is 0 Å². The van der Waals surface area contributed by atoms with Gasteiger partial charge in [-0.15, -0.1) is 11.8 Å². The SMILES string of the molecule is CNC(=O)[C@@H](N)CSc1nc(OC)c(NS(=O)(=O)c2cccc(Cl)c2Cl)nc1Cl. The summed E-state index contributed by atoms with van der Waals surface area (Å²) in [7, 11) is -1.40. The number of hydrogen-bond donors (Lipinski definition) is 3. The summed E-state index contributed by atoms with van der Waals surface area (Å²) in [6, 6.07) is 3.38. The maximum Gasteiger partial charge on any atom is 0.264 e. The fourth-order valence-corrected chi connectivity index (χ4v) is 4.84. The Morgan fingerprint density at radius 2 is 2.00 bits per heavy atom. The number of hydrogen-bond acceptors (Lipinski definition) is 8. The van der Waals surface area contributed by atoms with Crippen molar-refractivity contribution in [1.29, 1.82) is 0 Å². The zero-order valence-corrected chi connectivity index (χ0v) is 19.0. The van der Waals surface area contributed by atoms with E-state index in [0.29, 0.717) is 0 Å². The lowest BCUT2D eigenvalue weighted by molar-refractivity contribution is -0.121. The second kappa shape index (κ2) is 10.0. The van der Waals surface area contributed by atoms with Gasteiger partial charge in [-0.3, -0.25) is 9.52 Å². The van der Waals surface area contributed by atoms with E-state index in [4.69, 9.17) is 45.3 Å². The van der Waals surface area contributed by atoms with Gasteiger partial charge in [0, 0.05) is 12.8 Å². The molecular formula is C15H16Cl3N5O4S2. The highest BCUT2D eigenvalue weighted by molar-refractivity contribution is 7.99. The van der Waals surface area contributed by atoms with E-state index < -0.39 is 16.1 Å². The molecule has 0 bridgehead atoms. The van der Waals surface area contributed by atoms with Gasteiger partial charge in [0.15, 0.2) is 5.15 Å². The number of thioether (sulfide) groups is 1. The van der Waals surface area contributed by atoms with Crippen molar-refractivity contribution in [3.05, 3.63) is 33.4 Å². The van der Waals surface area contributed by atoms with Gasteiger partial charge in [0.25, 0.3) is 15.9 Å². The van der Waals surface area contributed by atoms with Crippen molar-refractivity contribution < 1.29 is 17.9 Å². The molecule has 29 heavy (non-hydrogen) atoms. The summed E-state index contributed by atoms with van der Waals surface area (Å²) < 4.78 is 32.7. The molecule has 2 rings (SSSR count). The molecule has 4 N–H and O–H groups in total. The lowest BCUT2D eigenvalue weighted by atomic mass is 10.3. The molecule has 1 heterocycles. The fourth-order valence-electron chi connectivity index (χ4n) is 1.99.